The summed E-state index contributed by atoms with van der Waals surface area (Å²) in [4.78, 5) is 12.0. The summed E-state index contributed by atoms with van der Waals surface area (Å²) >= 11 is 0. The predicted molar refractivity (Wildman–Crippen MR) is 81.4 cm³/mol. The molecule has 1 amide bonds. The zero-order valence-corrected chi connectivity index (χ0v) is 12.7. The second-order valence-corrected chi connectivity index (χ2v) is 5.03. The summed E-state index contributed by atoms with van der Waals surface area (Å²) in [6, 6.07) is 7.88. The number of hydrogen-bond acceptors (Lipinski definition) is 3. The quantitative estimate of drug-likeness (QED) is 0.887. The van der Waals surface area contributed by atoms with Crippen molar-refractivity contribution in [3.05, 3.63) is 47.8 Å². The number of benzene rings is 1. The maximum Gasteiger partial charge on any atom is 0.254 e. The Balaban J connectivity index is 1.91. The normalized spacial score (nSPS) is 12.0. The first kappa shape index (κ1) is 15.1. The number of carbonyl (C=O) groups excluding carboxylic acids is 1. The molecule has 1 unspecified atom stereocenters. The van der Waals surface area contributed by atoms with Crippen LogP contribution in [0.15, 0.2) is 36.7 Å². The van der Waals surface area contributed by atoms with Crippen molar-refractivity contribution < 1.29 is 9.53 Å². The highest BCUT2D eigenvalue weighted by Crippen LogP contribution is 2.18. The summed E-state index contributed by atoms with van der Waals surface area (Å²) in [5.74, 6) is 0.731. The first-order valence-electron chi connectivity index (χ1n) is 7.09. The van der Waals surface area contributed by atoms with Gasteiger partial charge in [0.15, 0.2) is 0 Å². The molecule has 5 heteroatoms. The second-order valence-electron chi connectivity index (χ2n) is 5.03. The first-order valence-corrected chi connectivity index (χ1v) is 7.09. The Morgan fingerprint density at radius 1 is 1.43 bits per heavy atom. The van der Waals surface area contributed by atoms with Crippen LogP contribution in [0, 0.1) is 6.92 Å². The van der Waals surface area contributed by atoms with Crippen LogP contribution in [0.1, 0.15) is 29.3 Å². The number of hydrogen-bond donors (Lipinski definition) is 1. The van der Waals surface area contributed by atoms with Crippen molar-refractivity contribution in [2.24, 2.45) is 7.05 Å². The van der Waals surface area contributed by atoms with E-state index >= 15 is 0 Å². The molecule has 1 aromatic heterocycles. The van der Waals surface area contributed by atoms with Gasteiger partial charge in [0.25, 0.3) is 5.91 Å². The van der Waals surface area contributed by atoms with Crippen LogP contribution in [0.5, 0.6) is 5.75 Å². The van der Waals surface area contributed by atoms with E-state index in [1.165, 1.54) is 0 Å². The average Bonchev–Trinajstić information content (AvgIpc) is 2.91. The summed E-state index contributed by atoms with van der Waals surface area (Å²) in [6.45, 7) is 4.52. The van der Waals surface area contributed by atoms with E-state index in [1.54, 1.807) is 24.1 Å². The highest BCUT2D eigenvalue weighted by molar-refractivity contribution is 5.93. The van der Waals surface area contributed by atoms with E-state index in [1.807, 2.05) is 38.1 Å². The maximum atomic E-state index is 12.0. The molecule has 21 heavy (non-hydrogen) atoms. The monoisotopic (exact) mass is 287 g/mol. The molecular weight excluding hydrogens is 266 g/mol. The summed E-state index contributed by atoms with van der Waals surface area (Å²) in [6.07, 6.45) is 4.02. The summed E-state index contributed by atoms with van der Waals surface area (Å²) in [7, 11) is 1.78. The Bertz CT molecular complexity index is 607. The van der Waals surface area contributed by atoms with Crippen LogP contribution in [0.4, 0.5) is 0 Å². The summed E-state index contributed by atoms with van der Waals surface area (Å²) in [5, 5.41) is 6.87. The fourth-order valence-electron chi connectivity index (χ4n) is 1.98. The van der Waals surface area contributed by atoms with Gasteiger partial charge < -0.3 is 10.1 Å². The molecule has 2 aromatic rings. The molecule has 1 atom stereocenters. The standard InChI is InChI=1S/C16H21N3O2/c1-4-14(21-15-8-6-5-7-12(15)2)10-17-16(20)13-9-18-19(3)11-13/h5-9,11,14H,4,10H2,1-3H3,(H,17,20). The largest absolute Gasteiger partial charge is 0.488 e. The van der Waals surface area contributed by atoms with Crippen LogP contribution >= 0.6 is 0 Å². The van der Waals surface area contributed by atoms with E-state index in [9.17, 15) is 4.79 Å². The molecule has 0 aliphatic heterocycles. The number of aryl methyl sites for hydroxylation is 2. The Hall–Kier alpha value is -2.30. The third kappa shape index (κ3) is 4.08. The highest BCUT2D eigenvalue weighted by atomic mass is 16.5. The Kier molecular flexibility index (Phi) is 4.98. The van der Waals surface area contributed by atoms with Gasteiger partial charge in [0, 0.05) is 13.2 Å². The van der Waals surface area contributed by atoms with Crippen molar-refractivity contribution in [1.29, 1.82) is 0 Å². The van der Waals surface area contributed by atoms with E-state index in [-0.39, 0.29) is 12.0 Å². The molecule has 0 spiro atoms. The van der Waals surface area contributed by atoms with Crippen molar-refractivity contribution in [2.75, 3.05) is 6.54 Å². The summed E-state index contributed by atoms with van der Waals surface area (Å²) < 4.78 is 7.56. The average molecular weight is 287 g/mol. The Morgan fingerprint density at radius 3 is 2.81 bits per heavy atom. The topological polar surface area (TPSA) is 56.2 Å². The molecule has 112 valence electrons. The second kappa shape index (κ2) is 6.92. The van der Waals surface area contributed by atoms with Crippen LogP contribution in [0.3, 0.4) is 0 Å². The SMILES string of the molecule is CCC(CNC(=O)c1cnn(C)c1)Oc1ccccc1C. The molecule has 2 rings (SSSR count). The molecule has 5 nitrogen and oxygen atoms in total. The van der Waals surface area contributed by atoms with Crippen molar-refractivity contribution >= 4 is 5.91 Å². The molecule has 1 aromatic carbocycles. The number of amides is 1. The van der Waals surface area contributed by atoms with Gasteiger partial charge >= 0.3 is 0 Å². The highest BCUT2D eigenvalue weighted by Gasteiger charge is 2.13. The van der Waals surface area contributed by atoms with Crippen LogP contribution in [-0.2, 0) is 7.05 Å². The number of nitrogens with one attached hydrogen (secondary N) is 1. The van der Waals surface area contributed by atoms with Gasteiger partial charge in [0.1, 0.15) is 11.9 Å². The Labute approximate surface area is 124 Å². The lowest BCUT2D eigenvalue weighted by molar-refractivity contribution is 0.0925. The summed E-state index contributed by atoms with van der Waals surface area (Å²) in [5.41, 5.74) is 1.65. The van der Waals surface area contributed by atoms with Crippen molar-refractivity contribution in [2.45, 2.75) is 26.4 Å². The zero-order chi connectivity index (χ0) is 15.2. The minimum Gasteiger partial charge on any atom is -0.488 e. The molecule has 0 aliphatic rings. The number of nitrogens with zero attached hydrogens (tertiary/aromatic N) is 2. The van der Waals surface area contributed by atoms with Crippen LogP contribution in [-0.4, -0.2) is 28.3 Å². The van der Waals surface area contributed by atoms with Gasteiger partial charge in [-0.15, -0.1) is 0 Å². The van der Waals surface area contributed by atoms with Gasteiger partial charge in [-0.05, 0) is 25.0 Å². The third-order valence-corrected chi connectivity index (χ3v) is 3.30. The lowest BCUT2D eigenvalue weighted by Gasteiger charge is -2.19. The van der Waals surface area contributed by atoms with E-state index in [2.05, 4.69) is 10.4 Å². The smallest absolute Gasteiger partial charge is 0.254 e. The van der Waals surface area contributed by atoms with Gasteiger partial charge in [0.2, 0.25) is 0 Å². The fraction of sp³-hybridized carbons (Fsp3) is 0.375. The molecule has 0 saturated carbocycles. The predicted octanol–water partition coefficient (Wildman–Crippen LogP) is 2.32. The van der Waals surface area contributed by atoms with Gasteiger partial charge in [0.05, 0.1) is 18.3 Å². The molecule has 1 heterocycles. The van der Waals surface area contributed by atoms with Crippen LogP contribution < -0.4 is 10.1 Å². The van der Waals surface area contributed by atoms with Crippen LogP contribution in [0.25, 0.3) is 0 Å². The van der Waals surface area contributed by atoms with Gasteiger partial charge in [-0.2, -0.15) is 5.10 Å². The van der Waals surface area contributed by atoms with Gasteiger partial charge in [-0.25, -0.2) is 0 Å². The van der Waals surface area contributed by atoms with Crippen molar-refractivity contribution in [1.82, 2.24) is 15.1 Å². The number of para-hydroxylation sites is 1. The van der Waals surface area contributed by atoms with Crippen LogP contribution in [0.2, 0.25) is 0 Å². The number of aromatic nitrogens is 2. The fourth-order valence-corrected chi connectivity index (χ4v) is 1.98. The molecule has 0 fully saturated rings. The van der Waals surface area contributed by atoms with Crippen molar-refractivity contribution in [3.63, 3.8) is 0 Å². The molecule has 1 N–H and O–H groups in total. The number of ether oxygens (including phenoxy) is 1. The zero-order valence-electron chi connectivity index (χ0n) is 12.7. The number of rotatable bonds is 6. The molecule has 0 bridgehead atoms. The molecule has 0 saturated heterocycles. The number of carbonyl (C=O) groups is 1. The third-order valence-electron chi connectivity index (χ3n) is 3.30. The van der Waals surface area contributed by atoms with E-state index < -0.39 is 0 Å². The lowest BCUT2D eigenvalue weighted by atomic mass is 10.2. The van der Waals surface area contributed by atoms with E-state index in [4.69, 9.17) is 4.74 Å². The lowest BCUT2D eigenvalue weighted by Crippen LogP contribution is -2.35. The first-order chi connectivity index (χ1) is 10.1. The van der Waals surface area contributed by atoms with Gasteiger partial charge in [-0.3, -0.25) is 9.48 Å². The minimum atomic E-state index is -0.130. The maximum absolute atomic E-state index is 12.0. The molecule has 0 aliphatic carbocycles. The molecule has 0 radical (unpaired) electrons. The minimum absolute atomic E-state index is 0.0493. The van der Waals surface area contributed by atoms with E-state index in [0.717, 1.165) is 17.7 Å². The van der Waals surface area contributed by atoms with Crippen molar-refractivity contribution in [3.8, 4) is 5.75 Å². The Morgan fingerprint density at radius 2 is 2.19 bits per heavy atom. The molecular formula is C16H21N3O2. The van der Waals surface area contributed by atoms with E-state index in [0.29, 0.717) is 12.1 Å². The van der Waals surface area contributed by atoms with Gasteiger partial charge in [-0.1, -0.05) is 25.1 Å².